The maximum Gasteiger partial charge on any atom is 0.278 e. The van der Waals surface area contributed by atoms with E-state index in [0.717, 1.165) is 17.0 Å². The number of hydrogen-bond donors (Lipinski definition) is 1. The third kappa shape index (κ3) is 7.19. The van der Waals surface area contributed by atoms with Gasteiger partial charge < -0.3 is 4.74 Å². The lowest BCUT2D eigenvalue weighted by Crippen LogP contribution is -2.24. The van der Waals surface area contributed by atoms with Gasteiger partial charge in [0.25, 0.3) is 11.6 Å². The number of amides is 1. The van der Waals surface area contributed by atoms with E-state index >= 15 is 0 Å². The Morgan fingerprint density at radius 3 is 2.65 bits per heavy atom. The number of nitrogens with zero attached hydrogens (tertiary/aromatic N) is 4. The Labute approximate surface area is 182 Å². The van der Waals surface area contributed by atoms with Gasteiger partial charge in [-0.2, -0.15) is 10.1 Å². The summed E-state index contributed by atoms with van der Waals surface area (Å²) in [6, 6.07) is 17.4. The number of nitrogens with one attached hydrogen (secondary N) is 1. The van der Waals surface area contributed by atoms with Crippen LogP contribution < -0.4 is 10.2 Å². The number of carbonyl (C=O) groups excluding carboxylic acids is 1. The van der Waals surface area contributed by atoms with Crippen molar-refractivity contribution in [2.24, 2.45) is 5.10 Å². The highest BCUT2D eigenvalue weighted by atomic mass is 32.2. The first-order valence-electron chi connectivity index (χ1n) is 9.21. The number of hydrazone groups is 1. The largest absolute Gasteiger partial charge is 0.467 e. The van der Waals surface area contributed by atoms with Gasteiger partial charge in [-0.3, -0.25) is 14.9 Å². The van der Waals surface area contributed by atoms with Crippen LogP contribution in [0.5, 0.6) is 5.88 Å². The Bertz CT molecular complexity index is 1070. The van der Waals surface area contributed by atoms with Crippen molar-refractivity contribution in [3.8, 4) is 5.88 Å². The van der Waals surface area contributed by atoms with E-state index in [9.17, 15) is 14.9 Å². The van der Waals surface area contributed by atoms with E-state index in [1.165, 1.54) is 42.2 Å². The van der Waals surface area contributed by atoms with E-state index in [2.05, 4.69) is 20.5 Å². The average molecular weight is 437 g/mol. The quantitative estimate of drug-likeness (QED) is 0.179. The number of aryl methyl sites for hydroxylation is 1. The number of rotatable bonds is 9. The molecule has 31 heavy (non-hydrogen) atoms. The van der Waals surface area contributed by atoms with Crippen LogP contribution in [0.3, 0.4) is 0 Å². The number of nitro benzene ring substituents is 1. The standard InChI is InChI=1S/C21H19N5O4S/c1-15-11-20(24-21(23-15)31-14-17-5-3-2-4-6-17)30-13-19(27)25-22-12-16-7-9-18(10-8-16)26(28)29/h2-12H,13-14H2,1H3,(H,25,27)/b22-12+. The fraction of sp³-hybridized carbons (Fsp3) is 0.143. The molecule has 1 heterocycles. The summed E-state index contributed by atoms with van der Waals surface area (Å²) >= 11 is 1.48. The normalized spacial score (nSPS) is 10.7. The van der Waals surface area contributed by atoms with Gasteiger partial charge in [0.2, 0.25) is 5.88 Å². The zero-order chi connectivity index (χ0) is 22.1. The highest BCUT2D eigenvalue weighted by Gasteiger charge is 2.08. The van der Waals surface area contributed by atoms with Crippen molar-refractivity contribution in [3.63, 3.8) is 0 Å². The summed E-state index contributed by atoms with van der Waals surface area (Å²) in [7, 11) is 0. The van der Waals surface area contributed by atoms with Gasteiger partial charge in [-0.1, -0.05) is 42.1 Å². The van der Waals surface area contributed by atoms with Gasteiger partial charge in [-0.15, -0.1) is 0 Å². The minimum Gasteiger partial charge on any atom is -0.467 e. The second-order valence-corrected chi connectivity index (χ2v) is 7.28. The van der Waals surface area contributed by atoms with Crippen LogP contribution in [0.1, 0.15) is 16.8 Å². The first-order valence-corrected chi connectivity index (χ1v) is 10.2. The second kappa shape index (κ2) is 10.8. The van der Waals surface area contributed by atoms with Gasteiger partial charge >= 0.3 is 0 Å². The maximum absolute atomic E-state index is 11.9. The minimum absolute atomic E-state index is 0.0176. The molecule has 0 radical (unpaired) electrons. The van der Waals surface area contributed by atoms with Gasteiger partial charge in [-0.05, 0) is 30.2 Å². The molecule has 1 aromatic heterocycles. The van der Waals surface area contributed by atoms with Crippen molar-refractivity contribution in [1.29, 1.82) is 0 Å². The summed E-state index contributed by atoms with van der Waals surface area (Å²) in [5.74, 6) is 0.562. The summed E-state index contributed by atoms with van der Waals surface area (Å²) in [6.45, 7) is 1.56. The molecule has 0 fully saturated rings. The molecule has 3 aromatic rings. The van der Waals surface area contributed by atoms with E-state index in [-0.39, 0.29) is 12.3 Å². The highest BCUT2D eigenvalue weighted by molar-refractivity contribution is 7.98. The molecule has 0 aliphatic heterocycles. The predicted octanol–water partition coefficient (Wildman–Crippen LogP) is 3.51. The van der Waals surface area contributed by atoms with Crippen molar-refractivity contribution >= 4 is 29.6 Å². The number of thioether (sulfide) groups is 1. The van der Waals surface area contributed by atoms with E-state index in [4.69, 9.17) is 4.74 Å². The fourth-order valence-corrected chi connectivity index (χ4v) is 3.26. The van der Waals surface area contributed by atoms with Crippen molar-refractivity contribution < 1.29 is 14.5 Å². The van der Waals surface area contributed by atoms with Crippen LogP contribution >= 0.6 is 11.8 Å². The lowest BCUT2D eigenvalue weighted by Gasteiger charge is -2.07. The van der Waals surface area contributed by atoms with Crippen molar-refractivity contribution in [2.45, 2.75) is 17.8 Å². The Kier molecular flexibility index (Phi) is 7.66. The van der Waals surface area contributed by atoms with Crippen LogP contribution in [0.15, 0.2) is 70.9 Å². The van der Waals surface area contributed by atoms with E-state index < -0.39 is 10.8 Å². The first kappa shape index (κ1) is 21.9. The lowest BCUT2D eigenvalue weighted by molar-refractivity contribution is -0.384. The number of aromatic nitrogens is 2. The number of nitro groups is 1. The van der Waals surface area contributed by atoms with Gasteiger partial charge in [0.15, 0.2) is 11.8 Å². The second-order valence-electron chi connectivity index (χ2n) is 6.33. The molecule has 1 N–H and O–H groups in total. The number of hydrogen-bond acceptors (Lipinski definition) is 8. The third-order valence-electron chi connectivity index (χ3n) is 3.88. The molecular weight excluding hydrogens is 418 g/mol. The highest BCUT2D eigenvalue weighted by Crippen LogP contribution is 2.22. The molecule has 0 saturated carbocycles. The molecule has 0 spiro atoms. The minimum atomic E-state index is -0.486. The Morgan fingerprint density at radius 2 is 1.94 bits per heavy atom. The van der Waals surface area contributed by atoms with Crippen LogP contribution in [-0.2, 0) is 10.5 Å². The van der Waals surface area contributed by atoms with E-state index in [1.807, 2.05) is 37.3 Å². The monoisotopic (exact) mass is 437 g/mol. The predicted molar refractivity (Wildman–Crippen MR) is 117 cm³/mol. The molecular formula is C21H19N5O4S. The topological polar surface area (TPSA) is 120 Å². The molecule has 2 aromatic carbocycles. The molecule has 158 valence electrons. The summed E-state index contributed by atoms with van der Waals surface area (Å²) < 4.78 is 5.46. The summed E-state index contributed by atoms with van der Waals surface area (Å²) in [5.41, 5.74) is 4.82. The maximum atomic E-state index is 11.9. The Balaban J connectivity index is 1.49. The molecule has 0 atom stereocenters. The van der Waals surface area contributed by atoms with Gasteiger partial charge in [0.05, 0.1) is 11.1 Å². The summed E-state index contributed by atoms with van der Waals surface area (Å²) in [5, 5.41) is 15.0. The zero-order valence-corrected chi connectivity index (χ0v) is 17.4. The lowest BCUT2D eigenvalue weighted by atomic mass is 10.2. The van der Waals surface area contributed by atoms with Gasteiger partial charge in [0.1, 0.15) is 0 Å². The van der Waals surface area contributed by atoms with Crippen LogP contribution in [0.2, 0.25) is 0 Å². The molecule has 0 aliphatic rings. The van der Waals surface area contributed by atoms with Crippen LogP contribution in [0, 0.1) is 17.0 Å². The number of ether oxygens (including phenoxy) is 1. The molecule has 3 rings (SSSR count). The molecule has 9 nitrogen and oxygen atoms in total. The average Bonchev–Trinajstić information content (AvgIpc) is 2.77. The van der Waals surface area contributed by atoms with Gasteiger partial charge in [0, 0.05) is 29.6 Å². The van der Waals surface area contributed by atoms with E-state index in [0.29, 0.717) is 16.6 Å². The van der Waals surface area contributed by atoms with Crippen LogP contribution in [-0.4, -0.2) is 33.6 Å². The zero-order valence-electron chi connectivity index (χ0n) is 16.6. The molecule has 0 unspecified atom stereocenters. The van der Waals surface area contributed by atoms with Crippen molar-refractivity contribution in [3.05, 3.63) is 87.6 Å². The van der Waals surface area contributed by atoms with Crippen molar-refractivity contribution in [1.82, 2.24) is 15.4 Å². The Morgan fingerprint density at radius 1 is 1.19 bits per heavy atom. The SMILES string of the molecule is Cc1cc(OCC(=O)N/N=C/c2ccc([N+](=O)[O-])cc2)nc(SCc2ccccc2)n1. The third-order valence-corrected chi connectivity index (χ3v) is 4.80. The molecule has 10 heteroatoms. The fourth-order valence-electron chi connectivity index (χ4n) is 2.41. The molecule has 0 aliphatic carbocycles. The smallest absolute Gasteiger partial charge is 0.278 e. The molecule has 0 bridgehead atoms. The molecule has 1 amide bonds. The van der Waals surface area contributed by atoms with Crippen molar-refractivity contribution in [2.75, 3.05) is 6.61 Å². The van der Waals surface area contributed by atoms with Gasteiger partial charge in [-0.25, -0.2) is 10.4 Å². The summed E-state index contributed by atoms with van der Waals surface area (Å²) in [4.78, 5) is 30.8. The van der Waals surface area contributed by atoms with Crippen LogP contribution in [0.25, 0.3) is 0 Å². The Hall–Kier alpha value is -3.79. The summed E-state index contributed by atoms with van der Waals surface area (Å²) in [6.07, 6.45) is 1.38. The van der Waals surface area contributed by atoms with E-state index in [1.54, 1.807) is 6.07 Å². The number of benzene rings is 2. The first-order chi connectivity index (χ1) is 15.0. The molecule has 0 saturated heterocycles. The number of carbonyl (C=O) groups is 1. The number of non-ortho nitro benzene ring substituents is 1. The van der Waals surface area contributed by atoms with Crippen LogP contribution in [0.4, 0.5) is 5.69 Å².